The van der Waals surface area contributed by atoms with E-state index in [0.29, 0.717) is 28.7 Å². The highest BCUT2D eigenvalue weighted by molar-refractivity contribution is 6.31. The molecule has 5 nitrogen and oxygen atoms in total. The predicted octanol–water partition coefficient (Wildman–Crippen LogP) is 5.56. The van der Waals surface area contributed by atoms with Crippen molar-refractivity contribution < 1.29 is 4.79 Å². The molecular formula is C20H18Cl2N4O. The minimum atomic E-state index is -0.299. The van der Waals surface area contributed by atoms with Crippen LogP contribution in [0, 0.1) is 17.2 Å². The molecule has 0 bridgehead atoms. The maximum absolute atomic E-state index is 12.6. The van der Waals surface area contributed by atoms with Crippen LogP contribution in [0.2, 0.25) is 10.0 Å². The summed E-state index contributed by atoms with van der Waals surface area (Å²) in [5.41, 5.74) is 2.43. The summed E-state index contributed by atoms with van der Waals surface area (Å²) in [5.74, 6) is 0.0792. The summed E-state index contributed by atoms with van der Waals surface area (Å²) in [5, 5.41) is 18.9. The van der Waals surface area contributed by atoms with Crippen LogP contribution >= 0.6 is 23.2 Å². The van der Waals surface area contributed by atoms with Crippen LogP contribution in [-0.2, 0) is 0 Å². The molecule has 0 aliphatic carbocycles. The number of hydrazone groups is 1. The number of carbonyl (C=O) groups is 1. The average molecular weight is 401 g/mol. The number of rotatable bonds is 5. The molecule has 0 spiro atoms. The lowest BCUT2D eigenvalue weighted by Gasteiger charge is -2.15. The van der Waals surface area contributed by atoms with Gasteiger partial charge in [-0.15, -0.1) is 0 Å². The molecule has 1 unspecified atom stereocenters. The van der Waals surface area contributed by atoms with E-state index in [-0.39, 0.29) is 11.9 Å². The summed E-state index contributed by atoms with van der Waals surface area (Å²) in [4.78, 5) is 12.6. The normalized spacial score (nSPS) is 16.0. The largest absolute Gasteiger partial charge is 0.342 e. The smallest absolute Gasteiger partial charge is 0.306 e. The highest BCUT2D eigenvalue weighted by Crippen LogP contribution is 2.26. The third kappa shape index (κ3) is 5.00. The summed E-state index contributed by atoms with van der Waals surface area (Å²) >= 11 is 11.9. The number of anilines is 1. The molecule has 1 aliphatic rings. The van der Waals surface area contributed by atoms with Crippen molar-refractivity contribution in [2.45, 2.75) is 19.3 Å². The molecule has 0 aromatic heterocycles. The Balaban J connectivity index is 1.77. The highest BCUT2D eigenvalue weighted by atomic mass is 35.5. The quantitative estimate of drug-likeness (QED) is 0.667. The van der Waals surface area contributed by atoms with Crippen LogP contribution in [0.4, 0.5) is 10.5 Å². The van der Waals surface area contributed by atoms with Gasteiger partial charge in [0.1, 0.15) is 0 Å². The first kappa shape index (κ1) is 19.2. The number of unbranched alkanes of at least 4 members (excludes halogenated alkanes) is 1. The van der Waals surface area contributed by atoms with Gasteiger partial charge >= 0.3 is 6.03 Å². The molecule has 2 aromatic carbocycles. The van der Waals surface area contributed by atoms with Crippen LogP contribution in [0.25, 0.3) is 0 Å². The third-order valence-corrected chi connectivity index (χ3v) is 4.82. The summed E-state index contributed by atoms with van der Waals surface area (Å²) in [7, 11) is 0. The van der Waals surface area contributed by atoms with Gasteiger partial charge in [0.15, 0.2) is 0 Å². The Hall–Kier alpha value is -2.55. The zero-order chi connectivity index (χ0) is 19.2. The number of benzene rings is 2. The van der Waals surface area contributed by atoms with Gasteiger partial charge in [0.2, 0.25) is 0 Å². The molecule has 3 rings (SSSR count). The molecule has 1 N–H and O–H groups in total. The fourth-order valence-electron chi connectivity index (χ4n) is 2.97. The van der Waals surface area contributed by atoms with Gasteiger partial charge in [0, 0.05) is 28.1 Å². The van der Waals surface area contributed by atoms with Crippen LogP contribution in [-0.4, -0.2) is 23.3 Å². The van der Waals surface area contributed by atoms with Crippen LogP contribution in [0.15, 0.2) is 53.6 Å². The van der Waals surface area contributed by atoms with E-state index >= 15 is 0 Å². The standard InChI is InChI=1S/C20H18Cl2N4O/c21-16-6-4-14(5-7-16)19-15(3-1-2-12-23)13-26(25-19)20(27)24-18-10-8-17(22)9-11-18/h4-11,15H,1-3,13H2,(H,24,27). The number of urea groups is 1. The lowest BCUT2D eigenvalue weighted by molar-refractivity contribution is 0.215. The molecule has 2 amide bonds. The SMILES string of the molecule is N#CCCCC1CN(C(=O)Nc2ccc(Cl)cc2)N=C1c1ccc(Cl)cc1. The van der Waals surface area contributed by atoms with Gasteiger partial charge in [-0.2, -0.15) is 10.4 Å². The predicted molar refractivity (Wildman–Crippen MR) is 108 cm³/mol. The van der Waals surface area contributed by atoms with Crippen LogP contribution in [0.3, 0.4) is 0 Å². The number of nitriles is 1. The minimum absolute atomic E-state index is 0.0792. The maximum Gasteiger partial charge on any atom is 0.342 e. The molecule has 2 aromatic rings. The Bertz CT molecular complexity index is 872. The fourth-order valence-corrected chi connectivity index (χ4v) is 3.22. The molecule has 0 saturated carbocycles. The Morgan fingerprint density at radius 2 is 1.78 bits per heavy atom. The van der Waals surface area contributed by atoms with E-state index in [1.165, 1.54) is 5.01 Å². The van der Waals surface area contributed by atoms with E-state index in [4.69, 9.17) is 28.5 Å². The van der Waals surface area contributed by atoms with E-state index in [1.807, 2.05) is 24.3 Å². The highest BCUT2D eigenvalue weighted by Gasteiger charge is 2.30. The van der Waals surface area contributed by atoms with E-state index in [0.717, 1.165) is 24.1 Å². The molecular weight excluding hydrogens is 383 g/mol. The van der Waals surface area contributed by atoms with Gasteiger partial charge in [-0.1, -0.05) is 35.3 Å². The monoisotopic (exact) mass is 400 g/mol. The van der Waals surface area contributed by atoms with Gasteiger partial charge in [0.25, 0.3) is 0 Å². The lowest BCUT2D eigenvalue weighted by atomic mass is 9.93. The first-order valence-corrected chi connectivity index (χ1v) is 9.38. The number of nitrogens with one attached hydrogen (secondary N) is 1. The van der Waals surface area contributed by atoms with Crippen LogP contribution in [0.5, 0.6) is 0 Å². The van der Waals surface area contributed by atoms with E-state index < -0.39 is 0 Å². The number of amides is 2. The number of carbonyl (C=O) groups excluding carboxylic acids is 1. The Labute approximate surface area is 168 Å². The second kappa shape index (κ2) is 8.90. The molecule has 0 fully saturated rings. The number of halogens is 2. The summed E-state index contributed by atoms with van der Waals surface area (Å²) in [6, 6.07) is 16.2. The van der Waals surface area contributed by atoms with Crippen molar-refractivity contribution in [1.29, 1.82) is 5.26 Å². The molecule has 1 atom stereocenters. The fraction of sp³-hybridized carbons (Fsp3) is 0.250. The van der Waals surface area contributed by atoms with Crippen molar-refractivity contribution in [3.63, 3.8) is 0 Å². The van der Waals surface area contributed by atoms with Crippen molar-refractivity contribution in [2.75, 3.05) is 11.9 Å². The molecule has 0 saturated heterocycles. The molecule has 0 radical (unpaired) electrons. The van der Waals surface area contributed by atoms with E-state index in [2.05, 4.69) is 16.5 Å². The Kier molecular flexibility index (Phi) is 6.33. The molecule has 1 heterocycles. The molecule has 27 heavy (non-hydrogen) atoms. The summed E-state index contributed by atoms with van der Waals surface area (Å²) < 4.78 is 0. The second-order valence-electron chi connectivity index (χ2n) is 6.26. The first-order valence-electron chi connectivity index (χ1n) is 8.62. The number of nitrogens with zero attached hydrogens (tertiary/aromatic N) is 3. The topological polar surface area (TPSA) is 68.5 Å². The first-order chi connectivity index (χ1) is 13.1. The van der Waals surface area contributed by atoms with E-state index in [1.54, 1.807) is 24.3 Å². The van der Waals surface area contributed by atoms with Crippen molar-refractivity contribution >= 4 is 40.6 Å². The number of hydrogen-bond donors (Lipinski definition) is 1. The summed E-state index contributed by atoms with van der Waals surface area (Å²) in [6.45, 7) is 0.475. The van der Waals surface area contributed by atoms with Crippen molar-refractivity contribution in [2.24, 2.45) is 11.0 Å². The van der Waals surface area contributed by atoms with Crippen molar-refractivity contribution in [3.05, 3.63) is 64.1 Å². The molecule has 1 aliphatic heterocycles. The van der Waals surface area contributed by atoms with Gasteiger partial charge in [-0.05, 0) is 54.8 Å². The van der Waals surface area contributed by atoms with Gasteiger partial charge in [-0.25, -0.2) is 9.80 Å². The van der Waals surface area contributed by atoms with Crippen LogP contribution < -0.4 is 5.32 Å². The minimum Gasteiger partial charge on any atom is -0.306 e. The van der Waals surface area contributed by atoms with Crippen molar-refractivity contribution in [3.8, 4) is 6.07 Å². The Morgan fingerprint density at radius 1 is 1.15 bits per heavy atom. The Morgan fingerprint density at radius 3 is 2.41 bits per heavy atom. The van der Waals surface area contributed by atoms with Crippen LogP contribution in [0.1, 0.15) is 24.8 Å². The zero-order valence-electron chi connectivity index (χ0n) is 14.5. The van der Waals surface area contributed by atoms with Gasteiger partial charge < -0.3 is 5.32 Å². The molecule has 7 heteroatoms. The van der Waals surface area contributed by atoms with Gasteiger partial charge in [0.05, 0.1) is 18.3 Å². The van der Waals surface area contributed by atoms with Gasteiger partial charge in [-0.3, -0.25) is 0 Å². The number of hydrogen-bond acceptors (Lipinski definition) is 3. The second-order valence-corrected chi connectivity index (χ2v) is 7.13. The van der Waals surface area contributed by atoms with E-state index in [9.17, 15) is 4.79 Å². The third-order valence-electron chi connectivity index (χ3n) is 4.32. The lowest BCUT2D eigenvalue weighted by Crippen LogP contribution is -2.30. The van der Waals surface area contributed by atoms with Crippen molar-refractivity contribution in [1.82, 2.24) is 5.01 Å². The zero-order valence-corrected chi connectivity index (χ0v) is 16.0. The summed E-state index contributed by atoms with van der Waals surface area (Å²) in [6.07, 6.45) is 2.04. The average Bonchev–Trinajstić information content (AvgIpc) is 3.09. The maximum atomic E-state index is 12.6. The molecule has 138 valence electrons.